The lowest BCUT2D eigenvalue weighted by Crippen LogP contribution is -2.33. The molecule has 1 aliphatic heterocycles. The molecule has 0 aromatic carbocycles. The largest absolute Gasteiger partial charge is 0.307 e. The lowest BCUT2D eigenvalue weighted by molar-refractivity contribution is -0.123. The molecule has 1 saturated heterocycles. The number of carbonyl (C=O) groups is 1. The molecule has 1 heterocycles. The molecule has 0 bridgehead atoms. The summed E-state index contributed by atoms with van der Waals surface area (Å²) in [5, 5.41) is 3.19. The van der Waals surface area contributed by atoms with Gasteiger partial charge in [0.25, 0.3) is 0 Å². The number of ketones is 1. The van der Waals surface area contributed by atoms with Gasteiger partial charge in [0.1, 0.15) is 0 Å². The second-order valence-electron chi connectivity index (χ2n) is 3.21. The minimum Gasteiger partial charge on any atom is -0.307 e. The molecular formula is C10H21NO. The predicted molar refractivity (Wildman–Crippen MR) is 52.2 cm³/mol. The van der Waals surface area contributed by atoms with Crippen molar-refractivity contribution in [3.8, 4) is 0 Å². The summed E-state index contributed by atoms with van der Waals surface area (Å²) < 4.78 is 0. The molecular weight excluding hydrogens is 150 g/mol. The molecule has 2 nitrogen and oxygen atoms in total. The molecule has 2 heteroatoms. The summed E-state index contributed by atoms with van der Waals surface area (Å²) in [4.78, 5) is 11.3. The third-order valence-corrected chi connectivity index (χ3v) is 1.97. The molecule has 0 aliphatic carbocycles. The van der Waals surface area contributed by atoms with Gasteiger partial charge in [-0.2, -0.15) is 0 Å². The van der Waals surface area contributed by atoms with Crippen molar-refractivity contribution >= 4 is 5.78 Å². The van der Waals surface area contributed by atoms with Gasteiger partial charge < -0.3 is 5.32 Å². The number of rotatable bonds is 2. The first-order valence-electron chi connectivity index (χ1n) is 4.99. The van der Waals surface area contributed by atoms with Gasteiger partial charge in [0.2, 0.25) is 0 Å². The van der Waals surface area contributed by atoms with Gasteiger partial charge in [-0.1, -0.05) is 27.7 Å². The quantitative estimate of drug-likeness (QED) is 0.688. The van der Waals surface area contributed by atoms with Crippen LogP contribution in [0.2, 0.25) is 0 Å². The van der Waals surface area contributed by atoms with Gasteiger partial charge in [-0.05, 0) is 19.4 Å². The van der Waals surface area contributed by atoms with E-state index in [4.69, 9.17) is 0 Å². The molecule has 0 amide bonds. The molecule has 1 fully saturated rings. The SMILES string of the molecule is CC.CC(C)C(=O)C1CCCN1. The van der Waals surface area contributed by atoms with Crippen LogP contribution in [0.25, 0.3) is 0 Å². The van der Waals surface area contributed by atoms with Crippen molar-refractivity contribution in [2.24, 2.45) is 5.92 Å². The summed E-state index contributed by atoms with van der Waals surface area (Å²) in [5.41, 5.74) is 0. The lowest BCUT2D eigenvalue weighted by atomic mass is 10.0. The number of hydrogen-bond donors (Lipinski definition) is 1. The molecule has 0 aromatic rings. The van der Waals surface area contributed by atoms with Crippen molar-refractivity contribution in [2.45, 2.75) is 46.6 Å². The average molecular weight is 171 g/mol. The Balaban J connectivity index is 0.000000561. The molecule has 1 rings (SSSR count). The van der Waals surface area contributed by atoms with Gasteiger partial charge in [0, 0.05) is 5.92 Å². The van der Waals surface area contributed by atoms with Gasteiger partial charge in [-0.3, -0.25) is 4.79 Å². The summed E-state index contributed by atoms with van der Waals surface area (Å²) >= 11 is 0. The van der Waals surface area contributed by atoms with Crippen LogP contribution in [0, 0.1) is 5.92 Å². The van der Waals surface area contributed by atoms with Gasteiger partial charge in [-0.25, -0.2) is 0 Å². The van der Waals surface area contributed by atoms with E-state index in [9.17, 15) is 4.79 Å². The maximum absolute atomic E-state index is 11.3. The number of nitrogens with one attached hydrogen (secondary N) is 1. The summed E-state index contributed by atoms with van der Waals surface area (Å²) in [6, 6.07) is 0.167. The third kappa shape index (κ3) is 3.35. The Hall–Kier alpha value is -0.370. The number of hydrogen-bond acceptors (Lipinski definition) is 2. The van der Waals surface area contributed by atoms with Crippen molar-refractivity contribution in [1.82, 2.24) is 5.32 Å². The minimum atomic E-state index is 0.167. The van der Waals surface area contributed by atoms with Crippen molar-refractivity contribution in [3.05, 3.63) is 0 Å². The maximum atomic E-state index is 11.3. The van der Waals surface area contributed by atoms with Crippen LogP contribution in [0.15, 0.2) is 0 Å². The summed E-state index contributed by atoms with van der Waals surface area (Å²) in [6.07, 6.45) is 2.19. The first kappa shape index (κ1) is 11.6. The monoisotopic (exact) mass is 171 g/mol. The molecule has 1 atom stereocenters. The Morgan fingerprint density at radius 1 is 1.42 bits per heavy atom. The van der Waals surface area contributed by atoms with E-state index in [1.54, 1.807) is 0 Å². The molecule has 1 N–H and O–H groups in total. The molecule has 12 heavy (non-hydrogen) atoms. The fourth-order valence-corrected chi connectivity index (χ4v) is 1.33. The van der Waals surface area contributed by atoms with E-state index in [1.807, 2.05) is 27.7 Å². The third-order valence-electron chi connectivity index (χ3n) is 1.97. The zero-order valence-corrected chi connectivity index (χ0v) is 8.68. The normalized spacial score (nSPS) is 21.9. The van der Waals surface area contributed by atoms with E-state index in [0.717, 1.165) is 19.4 Å². The highest BCUT2D eigenvalue weighted by Gasteiger charge is 2.23. The zero-order chi connectivity index (χ0) is 9.56. The lowest BCUT2D eigenvalue weighted by Gasteiger charge is -2.10. The Morgan fingerprint density at radius 2 is 2.00 bits per heavy atom. The van der Waals surface area contributed by atoms with Crippen LogP contribution >= 0.6 is 0 Å². The van der Waals surface area contributed by atoms with Gasteiger partial charge in [-0.15, -0.1) is 0 Å². The smallest absolute Gasteiger partial charge is 0.152 e. The van der Waals surface area contributed by atoms with E-state index in [1.165, 1.54) is 0 Å². The molecule has 0 spiro atoms. The molecule has 0 radical (unpaired) electrons. The Kier molecular flexibility index (Phi) is 5.99. The Labute approximate surface area is 75.7 Å². The van der Waals surface area contributed by atoms with Gasteiger partial charge in [0.15, 0.2) is 5.78 Å². The van der Waals surface area contributed by atoms with Crippen LogP contribution in [0.4, 0.5) is 0 Å². The first-order chi connectivity index (χ1) is 5.72. The van der Waals surface area contributed by atoms with Crippen LogP contribution in [0.5, 0.6) is 0 Å². The fourth-order valence-electron chi connectivity index (χ4n) is 1.33. The zero-order valence-electron chi connectivity index (χ0n) is 8.68. The summed E-state index contributed by atoms with van der Waals surface area (Å²) in [5.74, 6) is 0.563. The van der Waals surface area contributed by atoms with Gasteiger partial charge in [0.05, 0.1) is 6.04 Å². The standard InChI is InChI=1S/C8H15NO.C2H6/c1-6(2)8(10)7-4-3-5-9-7;1-2/h6-7,9H,3-5H2,1-2H3;1-2H3. The average Bonchev–Trinajstić information content (AvgIpc) is 2.58. The number of Topliss-reactive ketones (excluding diaryl/α,β-unsaturated/α-hetero) is 1. The summed E-state index contributed by atoms with van der Waals surface area (Å²) in [7, 11) is 0. The maximum Gasteiger partial charge on any atom is 0.152 e. The summed E-state index contributed by atoms with van der Waals surface area (Å²) in [6.45, 7) is 8.94. The highest BCUT2D eigenvalue weighted by atomic mass is 16.1. The molecule has 1 aliphatic rings. The fraction of sp³-hybridized carbons (Fsp3) is 0.900. The van der Waals surface area contributed by atoms with Crippen LogP contribution < -0.4 is 5.32 Å². The van der Waals surface area contributed by atoms with Gasteiger partial charge >= 0.3 is 0 Å². The van der Waals surface area contributed by atoms with Crippen LogP contribution in [-0.2, 0) is 4.79 Å². The molecule has 1 unspecified atom stereocenters. The van der Waals surface area contributed by atoms with E-state index in [-0.39, 0.29) is 12.0 Å². The van der Waals surface area contributed by atoms with E-state index in [0.29, 0.717) is 5.78 Å². The topological polar surface area (TPSA) is 29.1 Å². The van der Waals surface area contributed by atoms with Crippen molar-refractivity contribution in [3.63, 3.8) is 0 Å². The molecule has 72 valence electrons. The highest BCUT2D eigenvalue weighted by Crippen LogP contribution is 2.10. The Bertz CT molecular complexity index is 126. The van der Waals surface area contributed by atoms with Crippen molar-refractivity contribution < 1.29 is 4.79 Å². The second kappa shape index (κ2) is 6.18. The minimum absolute atomic E-state index is 0.167. The van der Waals surface area contributed by atoms with Crippen LogP contribution in [0.3, 0.4) is 0 Å². The second-order valence-corrected chi connectivity index (χ2v) is 3.21. The van der Waals surface area contributed by atoms with E-state index >= 15 is 0 Å². The highest BCUT2D eigenvalue weighted by molar-refractivity contribution is 5.85. The first-order valence-corrected chi connectivity index (χ1v) is 4.99. The van der Waals surface area contributed by atoms with E-state index in [2.05, 4.69) is 5.32 Å². The van der Waals surface area contributed by atoms with Crippen molar-refractivity contribution in [2.75, 3.05) is 6.54 Å². The van der Waals surface area contributed by atoms with Crippen LogP contribution in [-0.4, -0.2) is 18.4 Å². The van der Waals surface area contributed by atoms with Crippen molar-refractivity contribution in [1.29, 1.82) is 0 Å². The van der Waals surface area contributed by atoms with Crippen LogP contribution in [0.1, 0.15) is 40.5 Å². The Morgan fingerprint density at radius 3 is 2.33 bits per heavy atom. The molecule has 0 aromatic heterocycles. The molecule has 0 saturated carbocycles. The van der Waals surface area contributed by atoms with E-state index < -0.39 is 0 Å². The number of carbonyl (C=O) groups excluding carboxylic acids is 1. The predicted octanol–water partition coefficient (Wildman–Crippen LogP) is 1.99.